The third-order valence-corrected chi connectivity index (χ3v) is 4.31. The average molecular weight is 288 g/mol. The Bertz CT molecular complexity index is 492. The molecule has 2 unspecified atom stereocenters. The second-order valence-electron chi connectivity index (χ2n) is 5.87. The van der Waals surface area contributed by atoms with Gasteiger partial charge in [-0.05, 0) is 19.3 Å². The predicted octanol–water partition coefficient (Wildman–Crippen LogP) is 1.72. The fourth-order valence-corrected chi connectivity index (χ4v) is 3.15. The van der Waals surface area contributed by atoms with Gasteiger partial charge in [-0.1, -0.05) is 6.42 Å². The van der Waals surface area contributed by atoms with Crippen molar-refractivity contribution >= 4 is 11.7 Å². The number of nitrogens with one attached hydrogen (secondary N) is 3. The lowest BCUT2D eigenvalue weighted by Gasteiger charge is -2.29. The van der Waals surface area contributed by atoms with Crippen molar-refractivity contribution in [1.82, 2.24) is 20.2 Å². The molecular formula is C15H24N6. The van der Waals surface area contributed by atoms with Crippen LogP contribution >= 0.6 is 0 Å². The molecule has 0 aromatic carbocycles. The Labute approximate surface area is 125 Å². The summed E-state index contributed by atoms with van der Waals surface area (Å²) in [5, 5.41) is 14.9. The van der Waals surface area contributed by atoms with E-state index in [2.05, 4.69) is 25.2 Å². The third kappa shape index (κ3) is 3.62. The number of hydrogen-bond donors (Lipinski definition) is 3. The van der Waals surface area contributed by atoms with E-state index in [1.165, 1.54) is 6.42 Å². The SMILES string of the molecule is N=C1CCCCC(C(CNC2=NCCC2)n2ccnc2)N1. The van der Waals surface area contributed by atoms with E-state index in [0.717, 1.165) is 51.0 Å². The molecule has 21 heavy (non-hydrogen) atoms. The molecule has 2 aliphatic heterocycles. The van der Waals surface area contributed by atoms with E-state index in [1.807, 2.05) is 18.7 Å². The Hall–Kier alpha value is -1.85. The van der Waals surface area contributed by atoms with Gasteiger partial charge in [-0.25, -0.2) is 4.98 Å². The first kappa shape index (κ1) is 14.1. The number of aromatic nitrogens is 2. The molecule has 3 N–H and O–H groups in total. The van der Waals surface area contributed by atoms with E-state index in [0.29, 0.717) is 5.84 Å². The zero-order valence-electron chi connectivity index (χ0n) is 12.4. The summed E-state index contributed by atoms with van der Waals surface area (Å²) in [5.74, 6) is 1.80. The van der Waals surface area contributed by atoms with Crippen LogP contribution in [0, 0.1) is 5.41 Å². The van der Waals surface area contributed by atoms with Crippen LogP contribution in [0.4, 0.5) is 0 Å². The number of hydrogen-bond acceptors (Lipinski definition) is 4. The minimum Gasteiger partial charge on any atom is -0.372 e. The maximum absolute atomic E-state index is 8.00. The molecule has 114 valence electrons. The molecule has 0 bridgehead atoms. The van der Waals surface area contributed by atoms with Gasteiger partial charge in [0.2, 0.25) is 0 Å². The van der Waals surface area contributed by atoms with Crippen molar-refractivity contribution in [2.75, 3.05) is 13.1 Å². The molecule has 0 spiro atoms. The standard InChI is InChI=1S/C15H24N6/c16-14-5-2-1-4-12(20-14)13(21-9-8-17-11-21)10-19-15-6-3-7-18-15/h8-9,11-13H,1-7,10H2,(H2,16,20)(H,18,19). The summed E-state index contributed by atoms with van der Waals surface area (Å²) in [6, 6.07) is 0.540. The summed E-state index contributed by atoms with van der Waals surface area (Å²) in [6.45, 7) is 1.78. The Kier molecular flexibility index (Phi) is 4.52. The highest BCUT2D eigenvalue weighted by Gasteiger charge is 2.25. The summed E-state index contributed by atoms with van der Waals surface area (Å²) < 4.78 is 2.15. The van der Waals surface area contributed by atoms with Crippen LogP contribution in [-0.2, 0) is 0 Å². The molecule has 0 saturated carbocycles. The third-order valence-electron chi connectivity index (χ3n) is 4.31. The van der Waals surface area contributed by atoms with Crippen LogP contribution in [0.1, 0.15) is 44.6 Å². The van der Waals surface area contributed by atoms with Crippen LogP contribution in [0.3, 0.4) is 0 Å². The molecule has 2 aliphatic rings. The highest BCUT2D eigenvalue weighted by Crippen LogP contribution is 2.20. The molecule has 6 nitrogen and oxygen atoms in total. The molecule has 2 atom stereocenters. The monoisotopic (exact) mass is 288 g/mol. The van der Waals surface area contributed by atoms with Crippen molar-refractivity contribution in [3.63, 3.8) is 0 Å². The van der Waals surface area contributed by atoms with Crippen molar-refractivity contribution in [3.05, 3.63) is 18.7 Å². The Morgan fingerprint density at radius 1 is 1.38 bits per heavy atom. The smallest absolute Gasteiger partial charge is 0.0964 e. The average Bonchev–Trinajstić information content (AvgIpc) is 3.13. The molecule has 1 fully saturated rings. The van der Waals surface area contributed by atoms with Gasteiger partial charge in [0.05, 0.1) is 24.0 Å². The lowest BCUT2D eigenvalue weighted by molar-refractivity contribution is 0.361. The lowest BCUT2D eigenvalue weighted by atomic mass is 10.0. The Balaban J connectivity index is 1.70. The fourth-order valence-electron chi connectivity index (χ4n) is 3.15. The first-order valence-corrected chi connectivity index (χ1v) is 7.91. The van der Waals surface area contributed by atoms with Gasteiger partial charge in [0, 0.05) is 44.4 Å². The molecule has 1 aromatic rings. The van der Waals surface area contributed by atoms with E-state index < -0.39 is 0 Å². The van der Waals surface area contributed by atoms with Gasteiger partial charge >= 0.3 is 0 Å². The van der Waals surface area contributed by atoms with E-state index in [1.54, 1.807) is 0 Å². The van der Waals surface area contributed by atoms with Gasteiger partial charge in [0.1, 0.15) is 0 Å². The first-order valence-electron chi connectivity index (χ1n) is 7.91. The van der Waals surface area contributed by atoms with Crippen LogP contribution < -0.4 is 10.6 Å². The van der Waals surface area contributed by atoms with E-state index >= 15 is 0 Å². The molecular weight excluding hydrogens is 264 g/mol. The number of imidazole rings is 1. The highest BCUT2D eigenvalue weighted by atomic mass is 15.1. The largest absolute Gasteiger partial charge is 0.372 e. The molecule has 0 radical (unpaired) electrons. The van der Waals surface area contributed by atoms with Gasteiger partial charge in [-0.3, -0.25) is 10.4 Å². The van der Waals surface area contributed by atoms with Crippen LogP contribution in [0.5, 0.6) is 0 Å². The number of rotatable bonds is 4. The highest BCUT2D eigenvalue weighted by molar-refractivity contribution is 5.83. The summed E-state index contributed by atoms with van der Waals surface area (Å²) >= 11 is 0. The lowest BCUT2D eigenvalue weighted by Crippen LogP contribution is -2.44. The van der Waals surface area contributed by atoms with Crippen molar-refractivity contribution in [2.24, 2.45) is 4.99 Å². The van der Waals surface area contributed by atoms with Crippen LogP contribution in [0.25, 0.3) is 0 Å². The Morgan fingerprint density at radius 3 is 3.10 bits per heavy atom. The fraction of sp³-hybridized carbons (Fsp3) is 0.667. The van der Waals surface area contributed by atoms with Crippen molar-refractivity contribution in [1.29, 1.82) is 5.41 Å². The van der Waals surface area contributed by atoms with Crippen LogP contribution in [0.2, 0.25) is 0 Å². The summed E-state index contributed by atoms with van der Waals surface area (Å²) in [5.41, 5.74) is 0. The van der Waals surface area contributed by atoms with Crippen molar-refractivity contribution in [2.45, 2.75) is 50.6 Å². The number of amidine groups is 2. The topological polar surface area (TPSA) is 78.1 Å². The molecule has 0 aliphatic carbocycles. The second-order valence-corrected chi connectivity index (χ2v) is 5.87. The maximum Gasteiger partial charge on any atom is 0.0964 e. The molecule has 3 heterocycles. The summed E-state index contributed by atoms with van der Waals surface area (Å²) in [7, 11) is 0. The predicted molar refractivity (Wildman–Crippen MR) is 83.9 cm³/mol. The minimum absolute atomic E-state index is 0.259. The molecule has 0 amide bonds. The van der Waals surface area contributed by atoms with Gasteiger partial charge in [0.25, 0.3) is 0 Å². The molecule has 1 saturated heterocycles. The molecule has 6 heteroatoms. The zero-order chi connectivity index (χ0) is 14.5. The van der Waals surface area contributed by atoms with Gasteiger partial charge in [0.15, 0.2) is 0 Å². The second kappa shape index (κ2) is 6.74. The number of aliphatic imine (C=N–C) groups is 1. The van der Waals surface area contributed by atoms with Gasteiger partial charge in [-0.15, -0.1) is 0 Å². The van der Waals surface area contributed by atoms with Crippen LogP contribution in [-0.4, -0.2) is 40.4 Å². The van der Waals surface area contributed by atoms with Crippen molar-refractivity contribution < 1.29 is 0 Å². The van der Waals surface area contributed by atoms with Gasteiger partial charge in [-0.2, -0.15) is 0 Å². The summed E-state index contributed by atoms with van der Waals surface area (Å²) in [6.07, 6.45) is 12.2. The zero-order valence-corrected chi connectivity index (χ0v) is 12.4. The minimum atomic E-state index is 0.259. The van der Waals surface area contributed by atoms with E-state index in [-0.39, 0.29) is 12.1 Å². The van der Waals surface area contributed by atoms with Crippen LogP contribution in [0.15, 0.2) is 23.7 Å². The van der Waals surface area contributed by atoms with Gasteiger partial charge < -0.3 is 15.2 Å². The number of nitrogens with zero attached hydrogens (tertiary/aromatic N) is 3. The Morgan fingerprint density at radius 2 is 2.33 bits per heavy atom. The quantitative estimate of drug-likeness (QED) is 0.789. The summed E-state index contributed by atoms with van der Waals surface area (Å²) in [4.78, 5) is 8.67. The molecule has 3 rings (SSSR count). The normalized spacial score (nSPS) is 24.1. The van der Waals surface area contributed by atoms with E-state index in [4.69, 9.17) is 5.41 Å². The first-order chi connectivity index (χ1) is 10.3. The molecule has 1 aromatic heterocycles. The van der Waals surface area contributed by atoms with E-state index in [9.17, 15) is 0 Å². The maximum atomic E-state index is 8.00. The van der Waals surface area contributed by atoms with Crippen molar-refractivity contribution in [3.8, 4) is 0 Å².